The lowest BCUT2D eigenvalue weighted by Gasteiger charge is -2.13. The van der Waals surface area contributed by atoms with Crippen LogP contribution < -0.4 is 15.2 Å². The van der Waals surface area contributed by atoms with E-state index in [9.17, 15) is 4.79 Å². The van der Waals surface area contributed by atoms with Crippen LogP contribution in [0.3, 0.4) is 0 Å². The minimum Gasteiger partial charge on any atom is -0.497 e. The third-order valence-corrected chi connectivity index (χ3v) is 3.66. The number of hydrogen-bond donors (Lipinski definition) is 1. The molecule has 110 valence electrons. The first kappa shape index (κ1) is 15.4. The van der Waals surface area contributed by atoms with Gasteiger partial charge in [-0.3, -0.25) is 4.79 Å². The number of anilines is 1. The number of ketones is 1. The summed E-state index contributed by atoms with van der Waals surface area (Å²) in [6, 6.07) is 10.4. The first-order valence-electron chi connectivity index (χ1n) is 6.48. The van der Waals surface area contributed by atoms with Gasteiger partial charge in [-0.05, 0) is 53.2 Å². The summed E-state index contributed by atoms with van der Waals surface area (Å²) in [5, 5.41) is 0. The van der Waals surface area contributed by atoms with Crippen LogP contribution in [0.1, 0.15) is 22.8 Å². The molecule has 2 N–H and O–H groups in total. The van der Waals surface area contributed by atoms with Crippen LogP contribution >= 0.6 is 15.9 Å². The number of nitrogen functional groups attached to an aromatic ring is 1. The standard InChI is InChI=1S/C16H16BrNO3/c1-3-21-14-6-4-5-13(18)15(14)16(19)11-8-7-10(20-2)9-12(11)17/h4-9H,3,18H2,1-2H3. The summed E-state index contributed by atoms with van der Waals surface area (Å²) in [4.78, 5) is 12.8. The lowest BCUT2D eigenvalue weighted by atomic mass is 10.0. The molecule has 0 fully saturated rings. The second-order valence-electron chi connectivity index (χ2n) is 4.33. The molecule has 0 atom stereocenters. The quantitative estimate of drug-likeness (QED) is 0.660. The van der Waals surface area contributed by atoms with E-state index in [1.54, 1.807) is 43.5 Å². The molecule has 0 amide bonds. The SMILES string of the molecule is CCOc1cccc(N)c1C(=O)c1ccc(OC)cc1Br. The fourth-order valence-corrected chi connectivity index (χ4v) is 2.55. The molecule has 0 aliphatic carbocycles. The molecule has 0 unspecified atom stereocenters. The van der Waals surface area contributed by atoms with Crippen molar-refractivity contribution in [3.63, 3.8) is 0 Å². The second kappa shape index (κ2) is 6.63. The summed E-state index contributed by atoms with van der Waals surface area (Å²) in [6.07, 6.45) is 0. The number of nitrogens with two attached hydrogens (primary N) is 1. The van der Waals surface area contributed by atoms with Gasteiger partial charge in [0, 0.05) is 15.7 Å². The van der Waals surface area contributed by atoms with Crippen LogP contribution in [0.2, 0.25) is 0 Å². The molecule has 0 spiro atoms. The van der Waals surface area contributed by atoms with E-state index in [2.05, 4.69) is 15.9 Å². The van der Waals surface area contributed by atoms with Gasteiger partial charge >= 0.3 is 0 Å². The summed E-state index contributed by atoms with van der Waals surface area (Å²) >= 11 is 3.39. The first-order valence-corrected chi connectivity index (χ1v) is 7.27. The molecule has 0 saturated carbocycles. The summed E-state index contributed by atoms with van der Waals surface area (Å²) < 4.78 is 11.3. The van der Waals surface area contributed by atoms with Crippen LogP contribution in [-0.4, -0.2) is 19.5 Å². The van der Waals surface area contributed by atoms with E-state index >= 15 is 0 Å². The zero-order valence-electron chi connectivity index (χ0n) is 11.9. The van der Waals surface area contributed by atoms with Gasteiger partial charge in [0.1, 0.15) is 11.5 Å². The molecule has 2 aromatic carbocycles. The fraction of sp³-hybridized carbons (Fsp3) is 0.188. The van der Waals surface area contributed by atoms with Gasteiger partial charge < -0.3 is 15.2 Å². The molecule has 2 rings (SSSR count). The highest BCUT2D eigenvalue weighted by Gasteiger charge is 2.20. The smallest absolute Gasteiger partial charge is 0.199 e. The van der Waals surface area contributed by atoms with Crippen LogP contribution in [0.5, 0.6) is 11.5 Å². The molecular formula is C16H16BrNO3. The van der Waals surface area contributed by atoms with Gasteiger partial charge in [0.15, 0.2) is 5.78 Å². The summed E-state index contributed by atoms with van der Waals surface area (Å²) in [6.45, 7) is 2.33. The number of halogens is 1. The molecular weight excluding hydrogens is 334 g/mol. The van der Waals surface area contributed by atoms with Crippen LogP contribution in [0, 0.1) is 0 Å². The fourth-order valence-electron chi connectivity index (χ4n) is 2.01. The number of carbonyl (C=O) groups excluding carboxylic acids is 1. The van der Waals surface area contributed by atoms with E-state index in [4.69, 9.17) is 15.2 Å². The minimum atomic E-state index is -0.189. The molecule has 0 aliphatic heterocycles. The van der Waals surface area contributed by atoms with Crippen LogP contribution in [0.25, 0.3) is 0 Å². The number of benzene rings is 2. The lowest BCUT2D eigenvalue weighted by Crippen LogP contribution is -2.09. The third-order valence-electron chi connectivity index (χ3n) is 3.01. The highest BCUT2D eigenvalue weighted by atomic mass is 79.9. The van der Waals surface area contributed by atoms with Gasteiger partial charge in [0.05, 0.1) is 19.3 Å². The van der Waals surface area contributed by atoms with E-state index in [0.717, 1.165) is 0 Å². The van der Waals surface area contributed by atoms with Gasteiger partial charge in [-0.1, -0.05) is 6.07 Å². The van der Waals surface area contributed by atoms with Crippen molar-refractivity contribution in [2.45, 2.75) is 6.92 Å². The van der Waals surface area contributed by atoms with E-state index < -0.39 is 0 Å². The van der Waals surface area contributed by atoms with Crippen molar-refractivity contribution in [2.24, 2.45) is 0 Å². The molecule has 5 heteroatoms. The second-order valence-corrected chi connectivity index (χ2v) is 5.18. The van der Waals surface area contributed by atoms with Gasteiger partial charge in [-0.15, -0.1) is 0 Å². The Balaban J connectivity index is 2.49. The predicted octanol–water partition coefficient (Wildman–Crippen LogP) is 3.67. The number of carbonyl (C=O) groups is 1. The maximum atomic E-state index is 12.8. The Morgan fingerprint density at radius 1 is 1.29 bits per heavy atom. The first-order chi connectivity index (χ1) is 10.1. The summed E-state index contributed by atoms with van der Waals surface area (Å²) in [5.74, 6) is 0.973. The molecule has 21 heavy (non-hydrogen) atoms. The Kier molecular flexibility index (Phi) is 4.85. The van der Waals surface area contributed by atoms with Crippen molar-refractivity contribution in [2.75, 3.05) is 19.5 Å². The largest absolute Gasteiger partial charge is 0.497 e. The van der Waals surface area contributed by atoms with E-state index in [0.29, 0.717) is 39.4 Å². The highest BCUT2D eigenvalue weighted by Crippen LogP contribution is 2.31. The Morgan fingerprint density at radius 2 is 2.05 bits per heavy atom. The Bertz CT molecular complexity index is 671. The number of methoxy groups -OCH3 is 1. The van der Waals surface area contributed by atoms with Crippen LogP contribution in [-0.2, 0) is 0 Å². The molecule has 0 saturated heterocycles. The van der Waals surface area contributed by atoms with Gasteiger partial charge in [-0.2, -0.15) is 0 Å². The maximum absolute atomic E-state index is 12.8. The molecule has 0 aliphatic rings. The predicted molar refractivity (Wildman–Crippen MR) is 86.1 cm³/mol. The number of hydrogen-bond acceptors (Lipinski definition) is 4. The summed E-state index contributed by atoms with van der Waals surface area (Å²) in [5.41, 5.74) is 7.24. The molecule has 0 bridgehead atoms. The van der Waals surface area contributed by atoms with Crippen molar-refractivity contribution < 1.29 is 14.3 Å². The molecule has 0 heterocycles. The van der Waals surface area contributed by atoms with Crippen molar-refractivity contribution in [3.8, 4) is 11.5 Å². The monoisotopic (exact) mass is 349 g/mol. The Morgan fingerprint density at radius 3 is 2.67 bits per heavy atom. The topological polar surface area (TPSA) is 61.5 Å². The summed E-state index contributed by atoms with van der Waals surface area (Å²) in [7, 11) is 1.58. The van der Waals surface area contributed by atoms with E-state index in [1.807, 2.05) is 6.92 Å². The van der Waals surface area contributed by atoms with Gasteiger partial charge in [0.2, 0.25) is 0 Å². The normalized spacial score (nSPS) is 10.2. The lowest BCUT2D eigenvalue weighted by molar-refractivity contribution is 0.103. The zero-order chi connectivity index (χ0) is 15.4. The number of ether oxygens (including phenoxy) is 2. The Labute approximate surface area is 132 Å². The van der Waals surface area contributed by atoms with Crippen molar-refractivity contribution in [1.82, 2.24) is 0 Å². The maximum Gasteiger partial charge on any atom is 0.199 e. The zero-order valence-corrected chi connectivity index (χ0v) is 13.4. The molecule has 2 aromatic rings. The van der Waals surface area contributed by atoms with Gasteiger partial charge in [-0.25, -0.2) is 0 Å². The van der Waals surface area contributed by atoms with Crippen LogP contribution in [0.4, 0.5) is 5.69 Å². The van der Waals surface area contributed by atoms with Crippen molar-refractivity contribution >= 4 is 27.4 Å². The van der Waals surface area contributed by atoms with E-state index in [1.165, 1.54) is 0 Å². The average Bonchev–Trinajstić information content (AvgIpc) is 2.47. The minimum absolute atomic E-state index is 0.189. The Hall–Kier alpha value is -2.01. The van der Waals surface area contributed by atoms with Crippen molar-refractivity contribution in [3.05, 3.63) is 52.0 Å². The highest BCUT2D eigenvalue weighted by molar-refractivity contribution is 9.10. The average molecular weight is 350 g/mol. The molecule has 0 radical (unpaired) electrons. The molecule has 0 aromatic heterocycles. The van der Waals surface area contributed by atoms with Gasteiger partial charge in [0.25, 0.3) is 0 Å². The molecule has 4 nitrogen and oxygen atoms in total. The van der Waals surface area contributed by atoms with Crippen molar-refractivity contribution in [1.29, 1.82) is 0 Å². The van der Waals surface area contributed by atoms with E-state index in [-0.39, 0.29) is 5.78 Å². The van der Waals surface area contributed by atoms with Crippen LogP contribution in [0.15, 0.2) is 40.9 Å². The third kappa shape index (κ3) is 3.19. The number of rotatable bonds is 5.